The lowest BCUT2D eigenvalue weighted by molar-refractivity contribution is -0.148. The van der Waals surface area contributed by atoms with Crippen LogP contribution in [0.2, 0.25) is 5.02 Å². The van der Waals surface area contributed by atoms with E-state index in [1.807, 2.05) is 0 Å². The van der Waals surface area contributed by atoms with E-state index in [-0.39, 0.29) is 17.5 Å². The van der Waals surface area contributed by atoms with Crippen LogP contribution in [-0.2, 0) is 19.6 Å². The number of hydrogen-bond donors (Lipinski definition) is 0. The smallest absolute Gasteiger partial charge is 0.324 e. The first-order chi connectivity index (χ1) is 8.89. The Labute approximate surface area is 116 Å². The largest absolute Gasteiger partial charge is 0.460 e. The van der Waals surface area contributed by atoms with Gasteiger partial charge in [0.2, 0.25) is 10.0 Å². The van der Waals surface area contributed by atoms with Gasteiger partial charge >= 0.3 is 5.97 Å². The van der Waals surface area contributed by atoms with E-state index in [0.29, 0.717) is 17.0 Å². The second-order valence-electron chi connectivity index (χ2n) is 4.79. The van der Waals surface area contributed by atoms with Crippen molar-refractivity contribution in [3.63, 3.8) is 0 Å². The van der Waals surface area contributed by atoms with Gasteiger partial charge in [-0.3, -0.25) is 4.79 Å². The number of nitrogens with zero attached hydrogens (tertiary/aromatic N) is 1. The van der Waals surface area contributed by atoms with Gasteiger partial charge in [-0.25, -0.2) is 8.42 Å². The summed E-state index contributed by atoms with van der Waals surface area (Å²) >= 11 is 5.86. The summed E-state index contributed by atoms with van der Waals surface area (Å²) in [5.41, 5.74) is 0.612. The third-order valence-corrected chi connectivity index (χ3v) is 5.76. The molecule has 2 aliphatic heterocycles. The number of aryl methyl sites for hydroxylation is 1. The molecule has 2 unspecified atom stereocenters. The van der Waals surface area contributed by atoms with Crippen molar-refractivity contribution < 1.29 is 17.9 Å². The predicted octanol–water partition coefficient (Wildman–Crippen LogP) is 1.34. The zero-order valence-corrected chi connectivity index (χ0v) is 11.7. The number of morpholine rings is 1. The van der Waals surface area contributed by atoms with Crippen molar-refractivity contribution in [3.8, 4) is 0 Å². The fourth-order valence-electron chi connectivity index (χ4n) is 2.55. The molecule has 3 rings (SSSR count). The minimum absolute atomic E-state index is 0.153. The van der Waals surface area contributed by atoms with Crippen molar-refractivity contribution in [1.29, 1.82) is 0 Å². The SMILES string of the molecule is Cc1ccc(Cl)cc1S(=O)(=O)N1CC2CC1C(=O)O2. The van der Waals surface area contributed by atoms with Crippen molar-refractivity contribution in [2.45, 2.75) is 30.4 Å². The highest BCUT2D eigenvalue weighted by Crippen LogP contribution is 2.35. The first-order valence-corrected chi connectivity index (χ1v) is 7.70. The van der Waals surface area contributed by atoms with Crippen LogP contribution in [0.25, 0.3) is 0 Å². The van der Waals surface area contributed by atoms with Gasteiger partial charge in [0, 0.05) is 11.4 Å². The molecule has 2 fully saturated rings. The van der Waals surface area contributed by atoms with Gasteiger partial charge in [-0.1, -0.05) is 17.7 Å². The molecule has 2 aliphatic rings. The maximum atomic E-state index is 12.6. The van der Waals surface area contributed by atoms with Crippen LogP contribution in [0.3, 0.4) is 0 Å². The molecule has 102 valence electrons. The molecule has 2 atom stereocenters. The van der Waals surface area contributed by atoms with Crippen LogP contribution in [0.1, 0.15) is 12.0 Å². The van der Waals surface area contributed by atoms with E-state index in [1.165, 1.54) is 10.4 Å². The van der Waals surface area contributed by atoms with Gasteiger partial charge < -0.3 is 4.74 Å². The van der Waals surface area contributed by atoms with Crippen LogP contribution in [0.5, 0.6) is 0 Å². The quantitative estimate of drug-likeness (QED) is 0.773. The van der Waals surface area contributed by atoms with Crippen molar-refractivity contribution in [3.05, 3.63) is 28.8 Å². The normalized spacial score (nSPS) is 26.7. The molecular formula is C12H12ClNO4S. The Balaban J connectivity index is 2.04. The summed E-state index contributed by atoms with van der Waals surface area (Å²) in [6.45, 7) is 1.93. The van der Waals surface area contributed by atoms with Crippen molar-refractivity contribution in [1.82, 2.24) is 4.31 Å². The highest BCUT2D eigenvalue weighted by atomic mass is 35.5. The molecule has 2 saturated heterocycles. The van der Waals surface area contributed by atoms with Gasteiger partial charge in [0.1, 0.15) is 12.1 Å². The van der Waals surface area contributed by atoms with Gasteiger partial charge in [-0.15, -0.1) is 0 Å². The number of carbonyl (C=O) groups is 1. The zero-order chi connectivity index (χ0) is 13.8. The van der Waals surface area contributed by atoms with E-state index >= 15 is 0 Å². The standard InChI is InChI=1S/C12H12ClNO4S/c1-7-2-3-8(13)4-11(7)19(16,17)14-6-9-5-10(14)12(15)18-9/h2-4,9-10H,5-6H2,1H3. The fraction of sp³-hybridized carbons (Fsp3) is 0.417. The first kappa shape index (κ1) is 12.9. The maximum Gasteiger partial charge on any atom is 0.324 e. The van der Waals surface area contributed by atoms with Gasteiger partial charge in [-0.2, -0.15) is 4.31 Å². The summed E-state index contributed by atoms with van der Waals surface area (Å²) in [5.74, 6) is -0.459. The average molecular weight is 302 g/mol. The van der Waals surface area contributed by atoms with Gasteiger partial charge in [0.15, 0.2) is 0 Å². The Hall–Kier alpha value is -1.11. The fourth-order valence-corrected chi connectivity index (χ4v) is 4.66. The molecule has 2 heterocycles. The lowest BCUT2D eigenvalue weighted by Crippen LogP contribution is -2.44. The van der Waals surface area contributed by atoms with Crippen LogP contribution in [0.15, 0.2) is 23.1 Å². The van der Waals surface area contributed by atoms with E-state index in [9.17, 15) is 13.2 Å². The lowest BCUT2D eigenvalue weighted by Gasteiger charge is -2.25. The number of sulfonamides is 1. The van der Waals surface area contributed by atoms with Crippen molar-refractivity contribution >= 4 is 27.6 Å². The van der Waals surface area contributed by atoms with Crippen LogP contribution in [0, 0.1) is 6.92 Å². The van der Waals surface area contributed by atoms with Crippen LogP contribution in [0.4, 0.5) is 0 Å². The second-order valence-corrected chi connectivity index (χ2v) is 7.09. The molecule has 5 nitrogen and oxygen atoms in total. The van der Waals surface area contributed by atoms with Crippen LogP contribution in [-0.4, -0.2) is 37.4 Å². The number of rotatable bonds is 2. The number of fused-ring (bicyclic) bond motifs is 2. The molecule has 0 aromatic heterocycles. The zero-order valence-electron chi connectivity index (χ0n) is 10.2. The summed E-state index contributed by atoms with van der Waals surface area (Å²) in [7, 11) is -3.71. The Morgan fingerprint density at radius 3 is 2.79 bits per heavy atom. The van der Waals surface area contributed by atoms with E-state index in [1.54, 1.807) is 19.1 Å². The highest BCUT2D eigenvalue weighted by molar-refractivity contribution is 7.89. The van der Waals surface area contributed by atoms with E-state index in [4.69, 9.17) is 16.3 Å². The van der Waals surface area contributed by atoms with E-state index in [0.717, 1.165) is 0 Å². The predicted molar refractivity (Wildman–Crippen MR) is 68.4 cm³/mol. The van der Waals surface area contributed by atoms with Gasteiger partial charge in [0.25, 0.3) is 0 Å². The second kappa shape index (κ2) is 4.19. The Morgan fingerprint density at radius 1 is 1.42 bits per heavy atom. The first-order valence-electron chi connectivity index (χ1n) is 5.88. The highest BCUT2D eigenvalue weighted by Gasteiger charge is 2.51. The Morgan fingerprint density at radius 2 is 2.16 bits per heavy atom. The molecule has 1 aromatic rings. The number of ether oxygens (including phenoxy) is 1. The molecule has 0 aliphatic carbocycles. The molecule has 0 N–H and O–H groups in total. The number of esters is 1. The average Bonchev–Trinajstić information content (AvgIpc) is 2.91. The monoisotopic (exact) mass is 301 g/mol. The molecule has 0 radical (unpaired) electrons. The molecular weight excluding hydrogens is 290 g/mol. The van der Waals surface area contributed by atoms with E-state index < -0.39 is 22.0 Å². The topological polar surface area (TPSA) is 63.7 Å². The van der Waals surface area contributed by atoms with Crippen molar-refractivity contribution in [2.24, 2.45) is 0 Å². The lowest BCUT2D eigenvalue weighted by atomic mass is 10.2. The third kappa shape index (κ3) is 1.94. The third-order valence-electron chi connectivity index (χ3n) is 3.51. The summed E-state index contributed by atoms with van der Waals surface area (Å²) < 4.78 is 31.4. The van der Waals surface area contributed by atoms with Gasteiger partial charge in [-0.05, 0) is 24.6 Å². The molecule has 0 amide bonds. The summed E-state index contributed by atoms with van der Waals surface area (Å²) in [5, 5.41) is 0.358. The molecule has 0 spiro atoms. The summed E-state index contributed by atoms with van der Waals surface area (Å²) in [4.78, 5) is 11.7. The molecule has 0 saturated carbocycles. The van der Waals surface area contributed by atoms with Crippen molar-refractivity contribution in [2.75, 3.05) is 6.54 Å². The number of hydrogen-bond acceptors (Lipinski definition) is 4. The summed E-state index contributed by atoms with van der Waals surface area (Å²) in [6, 6.07) is 4.03. The minimum atomic E-state index is -3.71. The summed E-state index contributed by atoms with van der Waals surface area (Å²) in [6.07, 6.45) is 0.129. The molecule has 2 bridgehead atoms. The number of halogens is 1. The molecule has 7 heteroatoms. The maximum absolute atomic E-state index is 12.6. The molecule has 1 aromatic carbocycles. The minimum Gasteiger partial charge on any atom is -0.460 e. The number of carbonyl (C=O) groups excluding carboxylic acids is 1. The van der Waals surface area contributed by atoms with Crippen LogP contribution >= 0.6 is 11.6 Å². The number of benzene rings is 1. The Bertz CT molecular complexity index is 658. The molecule has 19 heavy (non-hydrogen) atoms. The van der Waals surface area contributed by atoms with Crippen LogP contribution < -0.4 is 0 Å². The Kier molecular flexibility index (Phi) is 2.85. The van der Waals surface area contributed by atoms with E-state index in [2.05, 4.69) is 0 Å². The van der Waals surface area contributed by atoms with Gasteiger partial charge in [0.05, 0.1) is 11.4 Å².